The molecule has 0 saturated heterocycles. The second-order valence-electron chi connectivity index (χ2n) is 6.57. The van der Waals surface area contributed by atoms with Crippen molar-refractivity contribution in [3.05, 3.63) is 83.4 Å². The highest BCUT2D eigenvalue weighted by molar-refractivity contribution is 5.92. The van der Waals surface area contributed by atoms with Crippen LogP contribution in [0.2, 0.25) is 0 Å². The van der Waals surface area contributed by atoms with E-state index in [4.69, 9.17) is 4.74 Å². The molecule has 1 amide bonds. The van der Waals surface area contributed by atoms with Crippen molar-refractivity contribution in [2.45, 2.75) is 12.6 Å². The molecule has 0 aromatic heterocycles. The third kappa shape index (κ3) is 3.71. The van der Waals surface area contributed by atoms with Gasteiger partial charge in [-0.05, 0) is 59.0 Å². The summed E-state index contributed by atoms with van der Waals surface area (Å²) in [4.78, 5) is 12.1. The summed E-state index contributed by atoms with van der Waals surface area (Å²) in [6.07, 6.45) is -3.65. The minimum atomic E-state index is -4.45. The van der Waals surface area contributed by atoms with Gasteiger partial charge in [0.05, 0.1) is 5.56 Å². The number of hydrogen-bond donors (Lipinski definition) is 1. The van der Waals surface area contributed by atoms with E-state index in [1.54, 1.807) is 0 Å². The molecule has 3 nitrogen and oxygen atoms in total. The van der Waals surface area contributed by atoms with E-state index < -0.39 is 17.6 Å². The van der Waals surface area contributed by atoms with Crippen LogP contribution in [0, 0.1) is 0 Å². The summed E-state index contributed by atoms with van der Waals surface area (Å²) in [7, 11) is 0. The van der Waals surface area contributed by atoms with E-state index in [1.165, 1.54) is 23.3 Å². The molecule has 0 radical (unpaired) electrons. The summed E-state index contributed by atoms with van der Waals surface area (Å²) in [5, 5.41) is 2.73. The number of amides is 1. The van der Waals surface area contributed by atoms with E-state index in [1.807, 2.05) is 30.3 Å². The van der Waals surface area contributed by atoms with Gasteiger partial charge in [0.1, 0.15) is 5.75 Å². The van der Waals surface area contributed by atoms with E-state index >= 15 is 0 Å². The third-order valence-corrected chi connectivity index (χ3v) is 4.61. The van der Waals surface area contributed by atoms with Crippen molar-refractivity contribution in [1.82, 2.24) is 0 Å². The van der Waals surface area contributed by atoms with Gasteiger partial charge >= 0.3 is 6.18 Å². The number of nitrogens with one attached hydrogen (secondary N) is 1. The number of carbonyl (C=O) groups excluding carboxylic acids is 1. The first-order valence-electron chi connectivity index (χ1n) is 8.71. The van der Waals surface area contributed by atoms with E-state index in [0.717, 1.165) is 29.7 Å². The standard InChI is InChI=1S/C22H16F3NO2/c23-22(24,25)16-5-3-6-18(12-16)28-13-21(27)26-17-8-9-20-15(11-17)10-14-4-1-2-7-19(14)20/h1-9,11-12H,10,13H2,(H,26,27). The Kier molecular flexibility index (Phi) is 4.55. The van der Waals surface area contributed by atoms with E-state index in [0.29, 0.717) is 5.69 Å². The molecular weight excluding hydrogens is 367 g/mol. The van der Waals surface area contributed by atoms with Crippen molar-refractivity contribution in [3.8, 4) is 16.9 Å². The number of rotatable bonds is 4. The zero-order valence-electron chi connectivity index (χ0n) is 14.7. The lowest BCUT2D eigenvalue weighted by Crippen LogP contribution is -2.20. The molecule has 142 valence electrons. The SMILES string of the molecule is O=C(COc1cccc(C(F)(F)F)c1)Nc1ccc2c(c1)Cc1ccccc1-2. The minimum absolute atomic E-state index is 0.00521. The maximum atomic E-state index is 12.7. The number of fused-ring (bicyclic) bond motifs is 3. The van der Waals surface area contributed by atoms with Gasteiger partial charge in [-0.3, -0.25) is 4.79 Å². The average molecular weight is 383 g/mol. The van der Waals surface area contributed by atoms with Crippen LogP contribution in [0.5, 0.6) is 5.75 Å². The first-order chi connectivity index (χ1) is 13.4. The molecule has 0 spiro atoms. The lowest BCUT2D eigenvalue weighted by Gasteiger charge is -2.11. The molecule has 0 unspecified atom stereocenters. The number of carbonyl (C=O) groups is 1. The van der Waals surface area contributed by atoms with Crippen LogP contribution < -0.4 is 10.1 Å². The molecule has 6 heteroatoms. The Labute approximate surface area is 159 Å². The molecule has 0 atom stereocenters. The molecule has 0 saturated carbocycles. The Hall–Kier alpha value is -3.28. The first-order valence-corrected chi connectivity index (χ1v) is 8.71. The second-order valence-corrected chi connectivity index (χ2v) is 6.57. The van der Waals surface area contributed by atoms with Gasteiger partial charge in [0, 0.05) is 5.69 Å². The van der Waals surface area contributed by atoms with Crippen molar-refractivity contribution in [2.75, 3.05) is 11.9 Å². The van der Waals surface area contributed by atoms with Gasteiger partial charge in [-0.1, -0.05) is 36.4 Å². The smallest absolute Gasteiger partial charge is 0.416 e. The predicted molar refractivity (Wildman–Crippen MR) is 100 cm³/mol. The van der Waals surface area contributed by atoms with Crippen LogP contribution in [0.4, 0.5) is 18.9 Å². The fourth-order valence-electron chi connectivity index (χ4n) is 3.33. The number of alkyl halides is 3. The first kappa shape index (κ1) is 18.1. The molecule has 3 aromatic rings. The number of anilines is 1. The number of benzene rings is 3. The number of hydrogen-bond acceptors (Lipinski definition) is 2. The van der Waals surface area contributed by atoms with Crippen LogP contribution in [0.25, 0.3) is 11.1 Å². The molecule has 4 rings (SSSR count). The number of ether oxygens (including phenoxy) is 1. The molecule has 1 N–H and O–H groups in total. The topological polar surface area (TPSA) is 38.3 Å². The van der Waals surface area contributed by atoms with Crippen molar-refractivity contribution in [3.63, 3.8) is 0 Å². The van der Waals surface area contributed by atoms with Gasteiger partial charge in [-0.25, -0.2) is 0 Å². The quantitative estimate of drug-likeness (QED) is 0.520. The van der Waals surface area contributed by atoms with Gasteiger partial charge in [-0.2, -0.15) is 13.2 Å². The molecule has 0 fully saturated rings. The highest BCUT2D eigenvalue weighted by atomic mass is 19.4. The van der Waals surface area contributed by atoms with Crippen LogP contribution >= 0.6 is 0 Å². The van der Waals surface area contributed by atoms with Crippen LogP contribution in [-0.4, -0.2) is 12.5 Å². The Balaban J connectivity index is 1.39. The largest absolute Gasteiger partial charge is 0.484 e. The highest BCUT2D eigenvalue weighted by Crippen LogP contribution is 2.37. The zero-order chi connectivity index (χ0) is 19.7. The zero-order valence-corrected chi connectivity index (χ0v) is 14.7. The van der Waals surface area contributed by atoms with Crippen LogP contribution in [0.15, 0.2) is 66.7 Å². The third-order valence-electron chi connectivity index (χ3n) is 4.61. The summed E-state index contributed by atoms with van der Waals surface area (Å²) in [6, 6.07) is 18.3. The lowest BCUT2D eigenvalue weighted by molar-refractivity contribution is -0.137. The number of halogens is 3. The van der Waals surface area contributed by atoms with Gasteiger partial charge < -0.3 is 10.1 Å². The fraction of sp³-hybridized carbons (Fsp3) is 0.136. The molecule has 0 aliphatic heterocycles. The van der Waals surface area contributed by atoms with Gasteiger partial charge in [0.2, 0.25) is 0 Å². The maximum absolute atomic E-state index is 12.7. The molecule has 0 heterocycles. The minimum Gasteiger partial charge on any atom is -0.484 e. The summed E-state index contributed by atoms with van der Waals surface area (Å²) < 4.78 is 43.4. The van der Waals surface area contributed by atoms with E-state index in [9.17, 15) is 18.0 Å². The molecule has 1 aliphatic rings. The Morgan fingerprint density at radius 2 is 1.71 bits per heavy atom. The van der Waals surface area contributed by atoms with E-state index in [2.05, 4.69) is 17.4 Å². The Morgan fingerprint density at radius 1 is 0.929 bits per heavy atom. The predicted octanol–water partition coefficient (Wildman–Crippen LogP) is 5.29. The molecule has 1 aliphatic carbocycles. The average Bonchev–Trinajstić information content (AvgIpc) is 3.03. The van der Waals surface area contributed by atoms with Crippen molar-refractivity contribution >= 4 is 11.6 Å². The molecule has 28 heavy (non-hydrogen) atoms. The van der Waals surface area contributed by atoms with Crippen molar-refractivity contribution < 1.29 is 22.7 Å². The monoisotopic (exact) mass is 383 g/mol. The Morgan fingerprint density at radius 3 is 2.54 bits per heavy atom. The molecule has 3 aromatic carbocycles. The van der Waals surface area contributed by atoms with Crippen LogP contribution in [0.3, 0.4) is 0 Å². The van der Waals surface area contributed by atoms with Gasteiger partial charge in [0.25, 0.3) is 5.91 Å². The van der Waals surface area contributed by atoms with E-state index in [-0.39, 0.29) is 12.4 Å². The van der Waals surface area contributed by atoms with Gasteiger partial charge in [-0.15, -0.1) is 0 Å². The van der Waals surface area contributed by atoms with Crippen LogP contribution in [0.1, 0.15) is 16.7 Å². The molecular formula is C22H16F3NO2. The Bertz CT molecular complexity index is 1040. The summed E-state index contributed by atoms with van der Waals surface area (Å²) in [5.74, 6) is -0.442. The molecule has 0 bridgehead atoms. The van der Waals surface area contributed by atoms with Gasteiger partial charge in [0.15, 0.2) is 6.61 Å². The summed E-state index contributed by atoms with van der Waals surface area (Å²) >= 11 is 0. The van der Waals surface area contributed by atoms with Crippen molar-refractivity contribution in [2.24, 2.45) is 0 Å². The fourth-order valence-corrected chi connectivity index (χ4v) is 3.33. The summed E-state index contributed by atoms with van der Waals surface area (Å²) in [5.41, 5.74) is 4.52. The lowest BCUT2D eigenvalue weighted by atomic mass is 10.1. The highest BCUT2D eigenvalue weighted by Gasteiger charge is 2.30. The van der Waals surface area contributed by atoms with Crippen LogP contribution in [-0.2, 0) is 17.4 Å². The normalized spacial score (nSPS) is 12.2. The maximum Gasteiger partial charge on any atom is 0.416 e. The summed E-state index contributed by atoms with van der Waals surface area (Å²) in [6.45, 7) is -0.376. The second kappa shape index (κ2) is 7.03. The van der Waals surface area contributed by atoms with Crippen molar-refractivity contribution in [1.29, 1.82) is 0 Å².